The van der Waals surface area contributed by atoms with Gasteiger partial charge in [0.2, 0.25) is 5.91 Å². The Morgan fingerprint density at radius 1 is 1.16 bits per heavy atom. The number of methoxy groups -OCH3 is 1. The third-order valence-corrected chi connectivity index (χ3v) is 5.08. The minimum Gasteiger partial charge on any atom is -0.465 e. The lowest BCUT2D eigenvalue weighted by molar-refractivity contribution is -0.130. The molecule has 2 aromatic carbocycles. The second-order valence-electron chi connectivity index (χ2n) is 6.32. The Labute approximate surface area is 152 Å². The maximum Gasteiger partial charge on any atom is 0.337 e. The quantitative estimate of drug-likeness (QED) is 0.826. The zero-order valence-corrected chi connectivity index (χ0v) is 14.8. The summed E-state index contributed by atoms with van der Waals surface area (Å²) in [4.78, 5) is 24.3. The smallest absolute Gasteiger partial charge is 0.337 e. The van der Waals surface area contributed by atoms with Crippen LogP contribution in [0.4, 0.5) is 0 Å². The van der Waals surface area contributed by atoms with Gasteiger partial charge in [0.15, 0.2) is 0 Å². The first-order valence-electron chi connectivity index (χ1n) is 8.27. The normalized spacial score (nSPS) is 15.1. The van der Waals surface area contributed by atoms with Crippen molar-refractivity contribution in [1.82, 2.24) is 5.32 Å². The molecule has 5 heteroatoms. The monoisotopic (exact) mass is 357 g/mol. The number of carbonyl (C=O) groups excluding carboxylic acids is 2. The van der Waals surface area contributed by atoms with Gasteiger partial charge in [-0.2, -0.15) is 0 Å². The highest BCUT2D eigenvalue weighted by Gasteiger charge is 2.45. The van der Waals surface area contributed by atoms with E-state index in [9.17, 15) is 9.59 Å². The lowest BCUT2D eigenvalue weighted by atomic mass is 9.64. The van der Waals surface area contributed by atoms with Crippen molar-refractivity contribution in [2.24, 2.45) is 0 Å². The van der Waals surface area contributed by atoms with Gasteiger partial charge in [0, 0.05) is 11.6 Å². The first-order chi connectivity index (χ1) is 12.0. The van der Waals surface area contributed by atoms with E-state index >= 15 is 0 Å². The maximum atomic E-state index is 12.8. The van der Waals surface area contributed by atoms with Crippen molar-refractivity contribution in [3.05, 3.63) is 70.2 Å². The van der Waals surface area contributed by atoms with Crippen LogP contribution in [-0.2, 0) is 21.5 Å². The number of hydrogen-bond donors (Lipinski definition) is 1. The van der Waals surface area contributed by atoms with E-state index in [1.807, 2.05) is 36.4 Å². The van der Waals surface area contributed by atoms with Crippen LogP contribution in [0.3, 0.4) is 0 Å². The van der Waals surface area contributed by atoms with Crippen LogP contribution in [0.1, 0.15) is 40.7 Å². The van der Waals surface area contributed by atoms with Crippen LogP contribution in [0.5, 0.6) is 0 Å². The molecule has 1 fully saturated rings. The van der Waals surface area contributed by atoms with E-state index in [2.05, 4.69) is 10.1 Å². The van der Waals surface area contributed by atoms with E-state index < -0.39 is 5.41 Å². The van der Waals surface area contributed by atoms with E-state index in [0.29, 0.717) is 17.1 Å². The molecular weight excluding hydrogens is 338 g/mol. The second-order valence-corrected chi connectivity index (χ2v) is 6.75. The number of esters is 1. The fourth-order valence-corrected chi connectivity index (χ4v) is 3.38. The van der Waals surface area contributed by atoms with Gasteiger partial charge in [-0.25, -0.2) is 4.79 Å². The van der Waals surface area contributed by atoms with Gasteiger partial charge >= 0.3 is 5.97 Å². The van der Waals surface area contributed by atoms with Crippen LogP contribution in [0.2, 0.25) is 5.02 Å². The highest BCUT2D eigenvalue weighted by Crippen LogP contribution is 2.44. The molecule has 130 valence electrons. The molecule has 0 unspecified atom stereocenters. The molecule has 0 atom stereocenters. The third kappa shape index (κ3) is 3.54. The van der Waals surface area contributed by atoms with Crippen LogP contribution in [0, 0.1) is 0 Å². The lowest BCUT2D eigenvalue weighted by Gasteiger charge is -2.40. The second kappa shape index (κ2) is 7.28. The predicted molar refractivity (Wildman–Crippen MR) is 96.6 cm³/mol. The Balaban J connectivity index is 1.68. The van der Waals surface area contributed by atoms with Gasteiger partial charge < -0.3 is 10.1 Å². The molecule has 3 rings (SSSR count). The molecule has 4 nitrogen and oxygen atoms in total. The summed E-state index contributed by atoms with van der Waals surface area (Å²) in [5.74, 6) is -0.344. The Morgan fingerprint density at radius 3 is 2.44 bits per heavy atom. The highest BCUT2D eigenvalue weighted by atomic mass is 35.5. The standard InChI is InChI=1S/C20H20ClNO3/c1-25-18(23)15-8-6-14(7-9-15)13-22-19(24)20(10-3-11-20)16-4-2-5-17(21)12-16/h2,4-9,12H,3,10-11,13H2,1H3,(H,22,24). The zero-order valence-electron chi connectivity index (χ0n) is 14.0. The fraction of sp³-hybridized carbons (Fsp3) is 0.300. The minimum absolute atomic E-state index is 0.0260. The van der Waals surface area contributed by atoms with Crippen LogP contribution in [0.15, 0.2) is 48.5 Å². The van der Waals surface area contributed by atoms with Crippen LogP contribution < -0.4 is 5.32 Å². The molecule has 1 saturated carbocycles. The minimum atomic E-state index is -0.475. The Hall–Kier alpha value is -2.33. The molecule has 0 radical (unpaired) electrons. The molecule has 0 saturated heterocycles. The topological polar surface area (TPSA) is 55.4 Å². The summed E-state index contributed by atoms with van der Waals surface area (Å²) >= 11 is 6.09. The molecule has 1 aliphatic carbocycles. The van der Waals surface area contributed by atoms with E-state index in [1.165, 1.54) is 7.11 Å². The van der Waals surface area contributed by atoms with Gasteiger partial charge in [-0.1, -0.05) is 42.3 Å². The van der Waals surface area contributed by atoms with Gasteiger partial charge in [-0.05, 0) is 48.2 Å². The van der Waals surface area contributed by atoms with E-state index in [-0.39, 0.29) is 11.9 Å². The number of carbonyl (C=O) groups is 2. The summed E-state index contributed by atoms with van der Waals surface area (Å²) in [7, 11) is 1.35. The molecule has 0 spiro atoms. The van der Waals surface area contributed by atoms with Crippen LogP contribution in [-0.4, -0.2) is 19.0 Å². The summed E-state index contributed by atoms with van der Waals surface area (Å²) in [6, 6.07) is 14.6. The molecular formula is C20H20ClNO3. The van der Waals surface area contributed by atoms with Crippen molar-refractivity contribution in [3.8, 4) is 0 Å². The zero-order chi connectivity index (χ0) is 17.9. The number of benzene rings is 2. The van der Waals surface area contributed by atoms with E-state index in [1.54, 1.807) is 12.1 Å². The number of amides is 1. The Bertz CT molecular complexity index is 782. The highest BCUT2D eigenvalue weighted by molar-refractivity contribution is 6.30. The van der Waals surface area contributed by atoms with E-state index in [4.69, 9.17) is 11.6 Å². The van der Waals surface area contributed by atoms with Crippen molar-refractivity contribution in [2.75, 3.05) is 7.11 Å². The van der Waals surface area contributed by atoms with Gasteiger partial charge in [0.25, 0.3) is 0 Å². The summed E-state index contributed by atoms with van der Waals surface area (Å²) in [6.07, 6.45) is 2.70. The first-order valence-corrected chi connectivity index (χ1v) is 8.64. The summed E-state index contributed by atoms with van der Waals surface area (Å²) in [5.41, 5.74) is 1.93. The SMILES string of the molecule is COC(=O)c1ccc(CNC(=O)C2(c3cccc(Cl)c3)CCC2)cc1. The van der Waals surface area contributed by atoms with Crippen molar-refractivity contribution < 1.29 is 14.3 Å². The summed E-state index contributed by atoms with van der Waals surface area (Å²) in [5, 5.41) is 3.67. The van der Waals surface area contributed by atoms with Gasteiger partial charge in [-0.3, -0.25) is 4.79 Å². The molecule has 2 aromatic rings. The molecule has 0 heterocycles. The molecule has 1 N–H and O–H groups in total. The number of rotatable bonds is 5. The van der Waals surface area contributed by atoms with Crippen LogP contribution in [0.25, 0.3) is 0 Å². The average Bonchev–Trinajstić information content (AvgIpc) is 2.59. The Morgan fingerprint density at radius 2 is 1.88 bits per heavy atom. The molecule has 1 amide bonds. The summed E-state index contributed by atoms with van der Waals surface area (Å²) < 4.78 is 4.68. The maximum absolute atomic E-state index is 12.8. The van der Waals surface area contributed by atoms with Gasteiger partial charge in [0.1, 0.15) is 0 Å². The molecule has 1 aliphatic rings. The molecule has 0 aromatic heterocycles. The largest absolute Gasteiger partial charge is 0.465 e. The van der Waals surface area contributed by atoms with Crippen LogP contribution >= 0.6 is 11.6 Å². The first kappa shape index (κ1) is 17.5. The van der Waals surface area contributed by atoms with Crippen molar-refractivity contribution in [3.63, 3.8) is 0 Å². The lowest BCUT2D eigenvalue weighted by Crippen LogP contribution is -2.49. The van der Waals surface area contributed by atoms with Crippen molar-refractivity contribution in [2.45, 2.75) is 31.2 Å². The average molecular weight is 358 g/mol. The molecule has 0 bridgehead atoms. The van der Waals surface area contributed by atoms with E-state index in [0.717, 1.165) is 30.4 Å². The third-order valence-electron chi connectivity index (χ3n) is 4.85. The summed E-state index contributed by atoms with van der Waals surface area (Å²) in [6.45, 7) is 0.419. The number of hydrogen-bond acceptors (Lipinski definition) is 3. The van der Waals surface area contributed by atoms with Gasteiger partial charge in [0.05, 0.1) is 18.1 Å². The predicted octanol–water partition coefficient (Wildman–Crippen LogP) is 3.86. The molecule has 0 aliphatic heterocycles. The Kier molecular flexibility index (Phi) is 5.09. The molecule has 25 heavy (non-hydrogen) atoms. The van der Waals surface area contributed by atoms with Crippen molar-refractivity contribution >= 4 is 23.5 Å². The number of halogens is 1. The fourth-order valence-electron chi connectivity index (χ4n) is 3.19. The number of ether oxygens (including phenoxy) is 1. The number of nitrogens with one attached hydrogen (secondary N) is 1. The van der Waals surface area contributed by atoms with Gasteiger partial charge in [-0.15, -0.1) is 0 Å². The van der Waals surface area contributed by atoms with Crippen molar-refractivity contribution in [1.29, 1.82) is 0 Å².